The first kappa shape index (κ1) is 19.9. The minimum Gasteiger partial charge on any atom is -0.484 e. The molecule has 1 aliphatic rings. The number of carbonyl (C=O) groups excluding carboxylic acids is 2. The van der Waals surface area contributed by atoms with Crippen molar-refractivity contribution in [3.05, 3.63) is 48.5 Å². The number of fused-ring (bicyclic) bond motifs is 1. The van der Waals surface area contributed by atoms with E-state index in [4.69, 9.17) is 4.74 Å². The lowest BCUT2D eigenvalue weighted by molar-refractivity contribution is -0.118. The summed E-state index contributed by atoms with van der Waals surface area (Å²) in [7, 11) is 0. The quantitative estimate of drug-likeness (QED) is 0.696. The van der Waals surface area contributed by atoms with E-state index in [-0.39, 0.29) is 24.0 Å². The summed E-state index contributed by atoms with van der Waals surface area (Å²) in [6, 6.07) is 15.0. The van der Waals surface area contributed by atoms with Crippen molar-refractivity contribution in [1.29, 1.82) is 0 Å². The fourth-order valence-electron chi connectivity index (χ4n) is 3.74. The first-order valence-electron chi connectivity index (χ1n) is 10.1. The van der Waals surface area contributed by atoms with E-state index in [1.807, 2.05) is 41.0 Å². The Morgan fingerprint density at radius 1 is 1.13 bits per heavy atom. The summed E-state index contributed by atoms with van der Waals surface area (Å²) in [6.45, 7) is 6.82. The fourth-order valence-corrected chi connectivity index (χ4v) is 3.74. The number of benzene rings is 2. The molecule has 1 aromatic heterocycles. The fraction of sp³-hybridized carbons (Fsp3) is 0.348. The van der Waals surface area contributed by atoms with Gasteiger partial charge in [0.05, 0.1) is 11.0 Å². The van der Waals surface area contributed by atoms with Crippen molar-refractivity contribution in [3.8, 4) is 5.75 Å². The molecule has 30 heavy (non-hydrogen) atoms. The molecule has 1 N–H and O–H groups in total. The third-order valence-corrected chi connectivity index (χ3v) is 5.07. The molecule has 1 fully saturated rings. The summed E-state index contributed by atoms with van der Waals surface area (Å²) < 4.78 is 7.65. The molecule has 0 radical (unpaired) electrons. The molecule has 2 aromatic carbocycles. The largest absolute Gasteiger partial charge is 0.484 e. The molecule has 0 atom stereocenters. The van der Waals surface area contributed by atoms with Crippen LogP contribution in [0.3, 0.4) is 0 Å². The molecule has 0 spiro atoms. The molecule has 4 rings (SSSR count). The van der Waals surface area contributed by atoms with E-state index in [2.05, 4.69) is 31.1 Å². The predicted octanol–water partition coefficient (Wildman–Crippen LogP) is 3.94. The van der Waals surface area contributed by atoms with Crippen LogP contribution >= 0.6 is 0 Å². The number of carbonyl (C=O) groups is 2. The number of rotatable bonds is 5. The number of nitrogens with zero attached hydrogens (tertiary/aromatic N) is 3. The lowest BCUT2D eigenvalue weighted by Gasteiger charge is -2.24. The number of amides is 2. The number of para-hydroxylation sites is 2. The minimum absolute atomic E-state index is 0.130. The van der Waals surface area contributed by atoms with Crippen LogP contribution < -0.4 is 15.0 Å². The minimum atomic E-state index is -0.283. The molecule has 7 heteroatoms. The summed E-state index contributed by atoms with van der Waals surface area (Å²) in [5.41, 5.74) is 2.40. The Morgan fingerprint density at radius 2 is 1.87 bits per heavy atom. The summed E-state index contributed by atoms with van der Waals surface area (Å²) in [5.74, 6) is 0.935. The Bertz CT molecular complexity index is 1080. The molecule has 0 aliphatic carbocycles. The zero-order chi connectivity index (χ0) is 21.3. The van der Waals surface area contributed by atoms with Crippen LogP contribution in [0.1, 0.15) is 33.6 Å². The number of ether oxygens (including phenoxy) is 1. The van der Waals surface area contributed by atoms with Crippen LogP contribution in [0.5, 0.6) is 5.75 Å². The zero-order valence-electron chi connectivity index (χ0n) is 17.5. The zero-order valence-corrected chi connectivity index (χ0v) is 17.5. The summed E-state index contributed by atoms with van der Waals surface area (Å²) in [5, 5.41) is 2.87. The number of hydrogen-bond acceptors (Lipinski definition) is 4. The van der Waals surface area contributed by atoms with Gasteiger partial charge in [-0.15, -0.1) is 0 Å². The normalized spacial score (nSPS) is 14.4. The maximum atomic E-state index is 12.5. The van der Waals surface area contributed by atoms with Crippen LogP contribution in [0, 0.1) is 0 Å². The molecule has 1 aliphatic heterocycles. The van der Waals surface area contributed by atoms with Gasteiger partial charge in [-0.3, -0.25) is 14.9 Å². The molecular weight excluding hydrogens is 380 g/mol. The van der Waals surface area contributed by atoms with Gasteiger partial charge in [0.2, 0.25) is 11.9 Å². The molecule has 2 heterocycles. The lowest BCUT2D eigenvalue weighted by atomic mass is 10.1. The Labute approximate surface area is 175 Å². The second-order valence-corrected chi connectivity index (χ2v) is 8.41. The molecule has 0 saturated carbocycles. The van der Waals surface area contributed by atoms with Crippen molar-refractivity contribution in [1.82, 2.24) is 9.55 Å². The monoisotopic (exact) mass is 406 g/mol. The van der Waals surface area contributed by atoms with Gasteiger partial charge < -0.3 is 14.2 Å². The van der Waals surface area contributed by atoms with Crippen molar-refractivity contribution < 1.29 is 14.3 Å². The maximum absolute atomic E-state index is 12.5. The molecular formula is C23H26N4O3. The second kappa shape index (κ2) is 7.82. The van der Waals surface area contributed by atoms with Crippen molar-refractivity contribution >= 4 is 34.5 Å². The average Bonchev–Trinajstić information content (AvgIpc) is 3.29. The van der Waals surface area contributed by atoms with Crippen molar-refractivity contribution in [2.24, 2.45) is 0 Å². The van der Waals surface area contributed by atoms with Crippen LogP contribution in [0.25, 0.3) is 11.0 Å². The van der Waals surface area contributed by atoms with Gasteiger partial charge in [-0.1, -0.05) is 12.1 Å². The summed E-state index contributed by atoms with van der Waals surface area (Å²) >= 11 is 0. The Hall–Kier alpha value is -3.35. The van der Waals surface area contributed by atoms with E-state index in [1.165, 1.54) is 0 Å². The van der Waals surface area contributed by atoms with Crippen LogP contribution in [-0.2, 0) is 15.1 Å². The molecule has 1 saturated heterocycles. The van der Waals surface area contributed by atoms with Gasteiger partial charge in [0.1, 0.15) is 5.75 Å². The maximum Gasteiger partial charge on any atom is 0.264 e. The molecule has 0 bridgehead atoms. The van der Waals surface area contributed by atoms with E-state index in [9.17, 15) is 9.59 Å². The third-order valence-electron chi connectivity index (χ3n) is 5.07. The topological polar surface area (TPSA) is 76.5 Å². The standard InChI is InChI=1S/C23H26N4O3/c1-23(2,3)27-19-8-5-4-7-18(19)24-22(27)25-20(28)15-30-17-12-10-16(11-13-17)26-14-6-9-21(26)29/h4-5,7-8,10-13H,6,9,14-15H2,1-3H3,(H,24,25,28). The van der Waals surface area contributed by atoms with Gasteiger partial charge in [-0.05, 0) is 63.6 Å². The van der Waals surface area contributed by atoms with Gasteiger partial charge in [-0.25, -0.2) is 4.98 Å². The number of anilines is 2. The van der Waals surface area contributed by atoms with E-state index in [1.54, 1.807) is 17.0 Å². The molecule has 0 unspecified atom stereocenters. The third kappa shape index (κ3) is 4.01. The highest BCUT2D eigenvalue weighted by molar-refractivity contribution is 5.95. The molecule has 2 amide bonds. The number of nitrogens with one attached hydrogen (secondary N) is 1. The van der Waals surface area contributed by atoms with Crippen LogP contribution in [0.2, 0.25) is 0 Å². The second-order valence-electron chi connectivity index (χ2n) is 8.41. The van der Waals surface area contributed by atoms with Crippen molar-refractivity contribution in [2.45, 2.75) is 39.2 Å². The van der Waals surface area contributed by atoms with E-state index in [0.29, 0.717) is 18.1 Å². The van der Waals surface area contributed by atoms with Gasteiger partial charge in [0, 0.05) is 24.2 Å². The van der Waals surface area contributed by atoms with Gasteiger partial charge in [-0.2, -0.15) is 0 Å². The highest BCUT2D eigenvalue weighted by Crippen LogP contribution is 2.28. The van der Waals surface area contributed by atoms with E-state index >= 15 is 0 Å². The van der Waals surface area contributed by atoms with E-state index < -0.39 is 0 Å². The lowest BCUT2D eigenvalue weighted by Crippen LogP contribution is -2.28. The van der Waals surface area contributed by atoms with Crippen molar-refractivity contribution in [3.63, 3.8) is 0 Å². The Morgan fingerprint density at radius 3 is 2.53 bits per heavy atom. The number of imidazole rings is 1. The number of aromatic nitrogens is 2. The van der Waals surface area contributed by atoms with Gasteiger partial charge >= 0.3 is 0 Å². The highest BCUT2D eigenvalue weighted by atomic mass is 16.5. The molecule has 3 aromatic rings. The SMILES string of the molecule is CC(C)(C)n1c(NC(=O)COc2ccc(N3CCCC3=O)cc2)nc2ccccc21. The molecule has 7 nitrogen and oxygen atoms in total. The van der Waals surface area contributed by atoms with Crippen molar-refractivity contribution in [2.75, 3.05) is 23.4 Å². The van der Waals surface area contributed by atoms with Gasteiger partial charge in [0.25, 0.3) is 5.91 Å². The summed E-state index contributed by atoms with van der Waals surface area (Å²) in [6.07, 6.45) is 1.48. The van der Waals surface area contributed by atoms with Crippen LogP contribution in [-0.4, -0.2) is 34.5 Å². The predicted molar refractivity (Wildman–Crippen MR) is 117 cm³/mol. The Balaban J connectivity index is 1.42. The van der Waals surface area contributed by atoms with E-state index in [0.717, 1.165) is 29.7 Å². The van der Waals surface area contributed by atoms with Crippen LogP contribution in [0.15, 0.2) is 48.5 Å². The molecule has 156 valence electrons. The van der Waals surface area contributed by atoms with Gasteiger partial charge in [0.15, 0.2) is 6.61 Å². The first-order chi connectivity index (χ1) is 14.3. The summed E-state index contributed by atoms with van der Waals surface area (Å²) in [4.78, 5) is 30.7. The number of hydrogen-bond donors (Lipinski definition) is 1. The average molecular weight is 406 g/mol. The highest BCUT2D eigenvalue weighted by Gasteiger charge is 2.23. The smallest absolute Gasteiger partial charge is 0.264 e. The Kier molecular flexibility index (Phi) is 5.20. The first-order valence-corrected chi connectivity index (χ1v) is 10.1. The van der Waals surface area contributed by atoms with Crippen LogP contribution in [0.4, 0.5) is 11.6 Å².